The maximum absolute atomic E-state index is 9.95. The third-order valence-electron chi connectivity index (χ3n) is 1.49. The predicted molar refractivity (Wildman–Crippen MR) is 59.5 cm³/mol. The van der Waals surface area contributed by atoms with Crippen LogP contribution in [0, 0.1) is 11.8 Å². The number of aliphatic imine (C=N–C) groups is 1. The lowest BCUT2D eigenvalue weighted by Crippen LogP contribution is -1.73. The summed E-state index contributed by atoms with van der Waals surface area (Å²) in [5.74, 6) is 5.99. The van der Waals surface area contributed by atoms with Crippen molar-refractivity contribution in [3.63, 3.8) is 0 Å². The Morgan fingerprint density at radius 2 is 2.00 bits per heavy atom. The van der Waals surface area contributed by atoms with Crippen molar-refractivity contribution < 1.29 is 4.79 Å². The largest absolute Gasteiger partial charge is 0.240 e. The van der Waals surface area contributed by atoms with Gasteiger partial charge in [-0.25, -0.2) is 4.79 Å². The van der Waals surface area contributed by atoms with Crippen molar-refractivity contribution in [1.82, 2.24) is 0 Å². The lowest BCUT2D eigenvalue weighted by molar-refractivity contribution is 0.565. The van der Waals surface area contributed by atoms with E-state index < -0.39 is 0 Å². The van der Waals surface area contributed by atoms with Gasteiger partial charge in [0.25, 0.3) is 0 Å². The van der Waals surface area contributed by atoms with Gasteiger partial charge in [0.15, 0.2) is 0 Å². The molecule has 0 radical (unpaired) electrons. The number of halogens is 1. The highest BCUT2D eigenvalue weighted by molar-refractivity contribution is 9.09. The van der Waals surface area contributed by atoms with Crippen LogP contribution in [0.1, 0.15) is 12.0 Å². The van der Waals surface area contributed by atoms with Crippen molar-refractivity contribution >= 4 is 27.7 Å². The fourth-order valence-corrected chi connectivity index (χ4v) is 1.08. The molecule has 0 amide bonds. The molecular formula is C11H8BrNO. The first-order valence-corrected chi connectivity index (χ1v) is 5.21. The Kier molecular flexibility index (Phi) is 4.71. The number of alkyl halides is 1. The zero-order chi connectivity index (χ0) is 10.2. The monoisotopic (exact) mass is 249 g/mol. The summed E-state index contributed by atoms with van der Waals surface area (Å²) >= 11 is 3.29. The molecular weight excluding hydrogens is 242 g/mol. The van der Waals surface area contributed by atoms with Crippen molar-refractivity contribution in [2.75, 3.05) is 5.33 Å². The summed E-state index contributed by atoms with van der Waals surface area (Å²) in [6.07, 6.45) is 2.32. The van der Waals surface area contributed by atoms with E-state index in [9.17, 15) is 4.79 Å². The van der Waals surface area contributed by atoms with Crippen LogP contribution in [0.4, 0.5) is 5.69 Å². The normalized spacial score (nSPS) is 8.36. The molecule has 2 nitrogen and oxygen atoms in total. The van der Waals surface area contributed by atoms with Crippen LogP contribution in [0.5, 0.6) is 0 Å². The second-order valence-corrected chi connectivity index (χ2v) is 3.28. The molecule has 0 atom stereocenters. The van der Waals surface area contributed by atoms with Crippen LogP contribution in [0.15, 0.2) is 29.3 Å². The highest BCUT2D eigenvalue weighted by Crippen LogP contribution is 2.11. The van der Waals surface area contributed by atoms with Gasteiger partial charge in [-0.3, -0.25) is 0 Å². The zero-order valence-corrected chi connectivity index (χ0v) is 9.04. The quantitative estimate of drug-likeness (QED) is 0.343. The summed E-state index contributed by atoms with van der Waals surface area (Å²) in [6.45, 7) is 0. The smallest absolute Gasteiger partial charge is 0.211 e. The first-order valence-electron chi connectivity index (χ1n) is 4.09. The summed E-state index contributed by atoms with van der Waals surface area (Å²) < 4.78 is 0. The van der Waals surface area contributed by atoms with E-state index in [0.717, 1.165) is 17.3 Å². The molecule has 0 unspecified atom stereocenters. The van der Waals surface area contributed by atoms with Crippen LogP contribution in [0.25, 0.3) is 0 Å². The zero-order valence-electron chi connectivity index (χ0n) is 7.46. The summed E-state index contributed by atoms with van der Waals surface area (Å²) in [5.41, 5.74) is 1.53. The molecule has 0 heterocycles. The molecule has 0 bridgehead atoms. The summed E-state index contributed by atoms with van der Waals surface area (Å²) in [7, 11) is 0. The first-order chi connectivity index (χ1) is 6.86. The minimum absolute atomic E-state index is 0.603. The number of hydrogen-bond acceptors (Lipinski definition) is 2. The average Bonchev–Trinajstić information content (AvgIpc) is 2.21. The molecule has 1 aromatic carbocycles. The average molecular weight is 250 g/mol. The van der Waals surface area contributed by atoms with Crippen LogP contribution in [-0.4, -0.2) is 11.4 Å². The molecule has 1 rings (SSSR count). The van der Waals surface area contributed by atoms with Crippen molar-refractivity contribution in [2.45, 2.75) is 6.42 Å². The third-order valence-corrected chi connectivity index (χ3v) is 1.89. The molecule has 0 aliphatic heterocycles. The summed E-state index contributed by atoms with van der Waals surface area (Å²) in [5, 5.41) is 0.882. The van der Waals surface area contributed by atoms with Gasteiger partial charge in [0.2, 0.25) is 6.08 Å². The molecule has 0 aliphatic carbocycles. The molecule has 0 aliphatic rings. The van der Waals surface area contributed by atoms with E-state index in [2.05, 4.69) is 32.8 Å². The number of nitrogens with zero attached hydrogens (tertiary/aromatic N) is 1. The van der Waals surface area contributed by atoms with E-state index in [1.807, 2.05) is 12.1 Å². The number of isocyanates is 1. The van der Waals surface area contributed by atoms with Gasteiger partial charge >= 0.3 is 0 Å². The molecule has 0 saturated heterocycles. The van der Waals surface area contributed by atoms with Crippen molar-refractivity contribution in [3.8, 4) is 11.8 Å². The molecule has 0 saturated carbocycles. The Morgan fingerprint density at radius 1 is 1.29 bits per heavy atom. The van der Waals surface area contributed by atoms with Crippen molar-refractivity contribution in [2.24, 2.45) is 4.99 Å². The number of rotatable bonds is 2. The molecule has 0 spiro atoms. The molecule has 3 heteroatoms. The van der Waals surface area contributed by atoms with E-state index in [-0.39, 0.29) is 0 Å². The minimum Gasteiger partial charge on any atom is -0.211 e. The van der Waals surface area contributed by atoms with Crippen LogP contribution in [-0.2, 0) is 4.79 Å². The number of carbonyl (C=O) groups excluding carboxylic acids is 1. The van der Waals surface area contributed by atoms with Gasteiger partial charge in [-0.2, -0.15) is 4.99 Å². The highest BCUT2D eigenvalue weighted by Gasteiger charge is 1.88. The van der Waals surface area contributed by atoms with Crippen LogP contribution in [0.3, 0.4) is 0 Å². The molecule has 0 N–H and O–H groups in total. The Labute approximate surface area is 91.2 Å². The van der Waals surface area contributed by atoms with Gasteiger partial charge in [-0.15, -0.1) is 0 Å². The SMILES string of the molecule is O=C=Nc1ccc(C#CCCBr)cc1. The standard InChI is InChI=1S/C11H8BrNO/c12-8-2-1-3-10-4-6-11(7-5-10)13-9-14/h4-7H,2,8H2. The third kappa shape index (κ3) is 3.57. The van der Waals surface area contributed by atoms with Gasteiger partial charge in [-0.05, 0) is 24.3 Å². The maximum Gasteiger partial charge on any atom is 0.240 e. The molecule has 1 aromatic rings. The van der Waals surface area contributed by atoms with Gasteiger partial charge in [0.05, 0.1) is 5.69 Å². The fourth-order valence-electron chi connectivity index (χ4n) is 0.884. The Hall–Kier alpha value is -1.36. The Bertz CT molecular complexity index is 394. The molecule has 70 valence electrons. The predicted octanol–water partition coefficient (Wildman–Crippen LogP) is 2.79. The van der Waals surface area contributed by atoms with Crippen molar-refractivity contribution in [3.05, 3.63) is 29.8 Å². The first kappa shape index (κ1) is 10.7. The van der Waals surface area contributed by atoms with E-state index in [1.54, 1.807) is 12.1 Å². The summed E-state index contributed by atoms with van der Waals surface area (Å²) in [4.78, 5) is 13.4. The maximum atomic E-state index is 9.95. The topological polar surface area (TPSA) is 29.4 Å². The van der Waals surface area contributed by atoms with Gasteiger partial charge in [0, 0.05) is 17.3 Å². The van der Waals surface area contributed by atoms with E-state index in [1.165, 1.54) is 6.08 Å². The molecule has 0 aromatic heterocycles. The van der Waals surface area contributed by atoms with Gasteiger partial charge in [-0.1, -0.05) is 27.8 Å². The number of hydrogen-bond donors (Lipinski definition) is 0. The van der Waals surface area contributed by atoms with Crippen molar-refractivity contribution in [1.29, 1.82) is 0 Å². The van der Waals surface area contributed by atoms with E-state index in [0.29, 0.717) is 5.69 Å². The molecule has 14 heavy (non-hydrogen) atoms. The van der Waals surface area contributed by atoms with Gasteiger partial charge < -0.3 is 0 Å². The second-order valence-electron chi connectivity index (χ2n) is 2.49. The summed E-state index contributed by atoms with van der Waals surface area (Å²) in [6, 6.07) is 7.14. The van der Waals surface area contributed by atoms with Gasteiger partial charge in [0.1, 0.15) is 0 Å². The number of benzene rings is 1. The Morgan fingerprint density at radius 3 is 2.57 bits per heavy atom. The molecule has 0 fully saturated rings. The lowest BCUT2D eigenvalue weighted by Gasteiger charge is -1.90. The van der Waals surface area contributed by atoms with E-state index in [4.69, 9.17) is 0 Å². The van der Waals surface area contributed by atoms with Crippen LogP contribution < -0.4 is 0 Å². The Balaban J connectivity index is 2.74. The minimum atomic E-state index is 0.603. The second kappa shape index (κ2) is 6.15. The van der Waals surface area contributed by atoms with Crippen LogP contribution in [0.2, 0.25) is 0 Å². The van der Waals surface area contributed by atoms with E-state index >= 15 is 0 Å². The fraction of sp³-hybridized carbons (Fsp3) is 0.182. The lowest BCUT2D eigenvalue weighted by atomic mass is 10.2. The van der Waals surface area contributed by atoms with Crippen LogP contribution >= 0.6 is 15.9 Å². The highest BCUT2D eigenvalue weighted by atomic mass is 79.9.